The van der Waals surface area contributed by atoms with Gasteiger partial charge in [-0.15, -0.1) is 0 Å². The molecule has 5 nitrogen and oxygen atoms in total. The molecule has 3 N–H and O–H groups in total. The molecule has 0 spiro atoms. The molecule has 0 aromatic carbocycles. The molecular weight excluding hydrogens is 242 g/mol. The van der Waals surface area contributed by atoms with E-state index < -0.39 is 0 Å². The van der Waals surface area contributed by atoms with Gasteiger partial charge in [0.05, 0.1) is 5.60 Å². The second-order valence-corrected chi connectivity index (χ2v) is 6.60. The van der Waals surface area contributed by atoms with E-state index in [1.54, 1.807) is 7.11 Å². The van der Waals surface area contributed by atoms with Crippen LogP contribution in [0.1, 0.15) is 38.5 Å². The summed E-state index contributed by atoms with van der Waals surface area (Å²) in [6.07, 6.45) is 6.72. The van der Waals surface area contributed by atoms with Crippen LogP contribution >= 0.6 is 0 Å². The van der Waals surface area contributed by atoms with Gasteiger partial charge in [0.15, 0.2) is 0 Å². The van der Waals surface area contributed by atoms with Crippen LogP contribution in [0, 0.1) is 5.92 Å². The molecule has 2 atom stereocenters. The summed E-state index contributed by atoms with van der Waals surface area (Å²) >= 11 is 0. The number of urea groups is 1. The lowest BCUT2D eigenvalue weighted by Gasteiger charge is -2.39. The maximum Gasteiger partial charge on any atom is 0.317 e. The predicted molar refractivity (Wildman–Crippen MR) is 72.8 cm³/mol. The highest BCUT2D eigenvalue weighted by molar-refractivity contribution is 5.75. The van der Waals surface area contributed by atoms with Crippen LogP contribution in [0.4, 0.5) is 4.79 Å². The number of likely N-dealkylation sites (tertiary alicyclic amines) is 1. The van der Waals surface area contributed by atoms with Gasteiger partial charge in [-0.25, -0.2) is 4.79 Å². The predicted octanol–water partition coefficient (Wildman–Crippen LogP) is 1.08. The van der Waals surface area contributed by atoms with Crippen molar-refractivity contribution in [2.45, 2.75) is 49.7 Å². The Morgan fingerprint density at radius 3 is 2.63 bits per heavy atom. The highest BCUT2D eigenvalue weighted by Gasteiger charge is 2.51. The minimum absolute atomic E-state index is 0.0301. The largest absolute Gasteiger partial charge is 0.376 e. The Kier molecular flexibility index (Phi) is 3.21. The topological polar surface area (TPSA) is 67.6 Å². The average Bonchev–Trinajstić information content (AvgIpc) is 2.96. The zero-order chi connectivity index (χ0) is 13.5. The highest BCUT2D eigenvalue weighted by atomic mass is 16.5. The van der Waals surface area contributed by atoms with Crippen molar-refractivity contribution in [2.24, 2.45) is 11.7 Å². The van der Waals surface area contributed by atoms with Gasteiger partial charge in [-0.2, -0.15) is 0 Å². The molecule has 2 saturated carbocycles. The van der Waals surface area contributed by atoms with E-state index in [1.807, 2.05) is 4.90 Å². The summed E-state index contributed by atoms with van der Waals surface area (Å²) in [6.45, 7) is 2.16. The van der Waals surface area contributed by atoms with Gasteiger partial charge in [-0.1, -0.05) is 12.8 Å². The van der Waals surface area contributed by atoms with Crippen LogP contribution in [-0.4, -0.2) is 48.8 Å². The third-order valence-electron chi connectivity index (χ3n) is 5.49. The van der Waals surface area contributed by atoms with Crippen LogP contribution < -0.4 is 11.1 Å². The molecule has 3 fully saturated rings. The third kappa shape index (κ3) is 2.23. The molecule has 1 heterocycles. The maximum atomic E-state index is 12.2. The molecular formula is C14H25N3O2. The van der Waals surface area contributed by atoms with Crippen molar-refractivity contribution in [3.63, 3.8) is 0 Å². The highest BCUT2D eigenvalue weighted by Crippen LogP contribution is 2.42. The normalized spacial score (nSPS) is 35.9. The molecule has 19 heavy (non-hydrogen) atoms. The monoisotopic (exact) mass is 267 g/mol. The molecule has 2 aliphatic carbocycles. The van der Waals surface area contributed by atoms with Gasteiger partial charge in [0.25, 0.3) is 0 Å². The minimum atomic E-state index is -0.130. The Hall–Kier alpha value is -0.810. The van der Waals surface area contributed by atoms with Crippen molar-refractivity contribution >= 4 is 6.03 Å². The Labute approximate surface area is 114 Å². The van der Waals surface area contributed by atoms with Gasteiger partial charge in [0.1, 0.15) is 0 Å². The second kappa shape index (κ2) is 4.63. The fraction of sp³-hybridized carbons (Fsp3) is 0.929. The zero-order valence-electron chi connectivity index (χ0n) is 11.8. The average molecular weight is 267 g/mol. The summed E-state index contributed by atoms with van der Waals surface area (Å²) in [5, 5.41) is 3.05. The van der Waals surface area contributed by atoms with E-state index in [0.29, 0.717) is 19.0 Å². The number of nitrogens with one attached hydrogen (secondary N) is 1. The summed E-state index contributed by atoms with van der Waals surface area (Å²) in [6, 6.07) is 0.0301. The van der Waals surface area contributed by atoms with Crippen molar-refractivity contribution < 1.29 is 9.53 Å². The lowest BCUT2D eigenvalue weighted by atomic mass is 9.70. The summed E-state index contributed by atoms with van der Waals surface area (Å²) < 4.78 is 5.63. The number of carbonyl (C=O) groups is 1. The van der Waals surface area contributed by atoms with Gasteiger partial charge >= 0.3 is 6.03 Å². The number of methoxy groups -OCH3 is 1. The van der Waals surface area contributed by atoms with E-state index in [0.717, 1.165) is 25.8 Å². The molecule has 0 radical (unpaired) electrons. The third-order valence-corrected chi connectivity index (χ3v) is 5.49. The van der Waals surface area contributed by atoms with E-state index in [2.05, 4.69) is 5.32 Å². The number of amides is 2. The molecule has 3 rings (SSSR count). The first-order valence-electron chi connectivity index (χ1n) is 7.44. The lowest BCUT2D eigenvalue weighted by molar-refractivity contribution is -0.00182. The first-order valence-corrected chi connectivity index (χ1v) is 7.44. The van der Waals surface area contributed by atoms with Crippen molar-refractivity contribution in [3.05, 3.63) is 0 Å². The minimum Gasteiger partial charge on any atom is -0.376 e. The molecule has 0 bridgehead atoms. The van der Waals surface area contributed by atoms with Crippen LogP contribution in [-0.2, 0) is 4.74 Å². The number of nitrogens with two attached hydrogens (primary N) is 1. The molecule has 2 amide bonds. The Balaban J connectivity index is 1.52. The van der Waals surface area contributed by atoms with Crippen molar-refractivity contribution in [3.8, 4) is 0 Å². The number of nitrogens with zero attached hydrogens (tertiary/aromatic N) is 1. The molecule has 1 aliphatic heterocycles. The first-order chi connectivity index (χ1) is 9.07. The molecule has 3 aliphatic rings. The van der Waals surface area contributed by atoms with Gasteiger partial charge in [0, 0.05) is 32.3 Å². The summed E-state index contributed by atoms with van der Waals surface area (Å²) in [5.74, 6) is 0.515. The van der Waals surface area contributed by atoms with E-state index >= 15 is 0 Å². The standard InChI is InChI=1S/C14H25N3O2/c1-19-13(5-2-3-6-13)9-16-12(18)17-8-11-4-7-14(11,15)10-17/h11H,2-10,15H2,1H3,(H,16,18)/t11-,14-/m0/s1. The quantitative estimate of drug-likeness (QED) is 0.804. The van der Waals surface area contributed by atoms with Crippen molar-refractivity contribution in [1.82, 2.24) is 10.2 Å². The van der Waals surface area contributed by atoms with E-state index in [4.69, 9.17) is 10.5 Å². The number of carbonyl (C=O) groups excluding carboxylic acids is 1. The van der Waals surface area contributed by atoms with E-state index in [-0.39, 0.29) is 17.2 Å². The zero-order valence-corrected chi connectivity index (χ0v) is 11.8. The molecule has 1 saturated heterocycles. The van der Waals surface area contributed by atoms with Gasteiger partial charge in [-0.05, 0) is 31.6 Å². The number of rotatable bonds is 3. The fourth-order valence-corrected chi connectivity index (χ4v) is 3.86. The molecule has 5 heteroatoms. The Bertz CT molecular complexity index is 368. The van der Waals surface area contributed by atoms with E-state index in [9.17, 15) is 4.79 Å². The van der Waals surface area contributed by atoms with Crippen LogP contribution in [0.5, 0.6) is 0 Å². The van der Waals surface area contributed by atoms with Gasteiger partial charge < -0.3 is 20.7 Å². The first kappa shape index (κ1) is 13.2. The van der Waals surface area contributed by atoms with Gasteiger partial charge in [-0.3, -0.25) is 0 Å². The van der Waals surface area contributed by atoms with Crippen LogP contribution in [0.2, 0.25) is 0 Å². The molecule has 0 aromatic heterocycles. The maximum absolute atomic E-state index is 12.2. The van der Waals surface area contributed by atoms with Crippen molar-refractivity contribution in [2.75, 3.05) is 26.7 Å². The fourth-order valence-electron chi connectivity index (χ4n) is 3.86. The number of hydrogen-bond donors (Lipinski definition) is 2. The van der Waals surface area contributed by atoms with Crippen LogP contribution in [0.25, 0.3) is 0 Å². The molecule has 0 unspecified atom stereocenters. The number of fused-ring (bicyclic) bond motifs is 1. The SMILES string of the molecule is COC1(CNC(=O)N2C[C@@H]3CC[C@]3(N)C2)CCCC1. The van der Waals surface area contributed by atoms with Gasteiger partial charge in [0.2, 0.25) is 0 Å². The lowest BCUT2D eigenvalue weighted by Crippen LogP contribution is -2.55. The Morgan fingerprint density at radius 2 is 2.16 bits per heavy atom. The second-order valence-electron chi connectivity index (χ2n) is 6.60. The smallest absolute Gasteiger partial charge is 0.317 e. The van der Waals surface area contributed by atoms with Crippen LogP contribution in [0.3, 0.4) is 0 Å². The number of ether oxygens (including phenoxy) is 1. The summed E-state index contributed by atoms with van der Waals surface area (Å²) in [7, 11) is 1.75. The summed E-state index contributed by atoms with van der Waals surface area (Å²) in [5.41, 5.74) is 6.04. The van der Waals surface area contributed by atoms with E-state index in [1.165, 1.54) is 19.3 Å². The Morgan fingerprint density at radius 1 is 1.42 bits per heavy atom. The molecule has 0 aromatic rings. The number of hydrogen-bond acceptors (Lipinski definition) is 3. The summed E-state index contributed by atoms with van der Waals surface area (Å²) in [4.78, 5) is 14.1. The van der Waals surface area contributed by atoms with Crippen molar-refractivity contribution in [1.29, 1.82) is 0 Å². The van der Waals surface area contributed by atoms with Crippen LogP contribution in [0.15, 0.2) is 0 Å². The molecule has 108 valence electrons.